The van der Waals surface area contributed by atoms with E-state index in [2.05, 4.69) is 5.32 Å². The summed E-state index contributed by atoms with van der Waals surface area (Å²) in [6.07, 6.45) is -4.39. The van der Waals surface area contributed by atoms with Gasteiger partial charge in [-0.1, -0.05) is 11.6 Å². The molecule has 3 nitrogen and oxygen atoms in total. The first-order valence-electron chi connectivity index (χ1n) is 5.74. The lowest BCUT2D eigenvalue weighted by atomic mass is 10.1. The Hall–Kier alpha value is -2.21. The van der Waals surface area contributed by atoms with Crippen LogP contribution in [0.4, 0.5) is 24.5 Å². The average Bonchev–Trinajstić information content (AvgIpc) is 2.40. The van der Waals surface area contributed by atoms with Crippen molar-refractivity contribution in [2.24, 2.45) is 0 Å². The SMILES string of the molecule is O=C(O)c1ccc(Nc2ccc(C(F)(F)F)cc2)c(Cl)c1. The molecule has 0 amide bonds. The predicted molar refractivity (Wildman–Crippen MR) is 73.1 cm³/mol. The standard InChI is InChI=1S/C14H9ClF3NO2/c15-11-7-8(13(20)21)1-6-12(11)19-10-4-2-9(3-5-10)14(16,17)18/h1-7,19H,(H,20,21). The van der Waals surface area contributed by atoms with Crippen LogP contribution < -0.4 is 5.32 Å². The molecule has 21 heavy (non-hydrogen) atoms. The van der Waals surface area contributed by atoms with E-state index in [4.69, 9.17) is 16.7 Å². The monoisotopic (exact) mass is 315 g/mol. The second kappa shape index (κ2) is 5.65. The quantitative estimate of drug-likeness (QED) is 0.855. The van der Waals surface area contributed by atoms with Crippen LogP contribution in [0.2, 0.25) is 5.02 Å². The fourth-order valence-corrected chi connectivity index (χ4v) is 1.88. The maximum absolute atomic E-state index is 12.4. The van der Waals surface area contributed by atoms with Gasteiger partial charge in [0.05, 0.1) is 21.8 Å². The second-order valence-corrected chi connectivity index (χ2v) is 4.61. The van der Waals surface area contributed by atoms with Crippen LogP contribution in [0.15, 0.2) is 42.5 Å². The van der Waals surface area contributed by atoms with E-state index in [1.165, 1.54) is 30.3 Å². The molecule has 0 aliphatic rings. The highest BCUT2D eigenvalue weighted by atomic mass is 35.5. The summed E-state index contributed by atoms with van der Waals surface area (Å²) in [6.45, 7) is 0. The van der Waals surface area contributed by atoms with E-state index in [9.17, 15) is 18.0 Å². The molecule has 0 heterocycles. The molecule has 2 N–H and O–H groups in total. The van der Waals surface area contributed by atoms with Crippen LogP contribution in [0.5, 0.6) is 0 Å². The van der Waals surface area contributed by atoms with Crippen LogP contribution in [0, 0.1) is 0 Å². The third kappa shape index (κ3) is 3.66. The summed E-state index contributed by atoms with van der Waals surface area (Å²) in [5.74, 6) is -1.11. The highest BCUT2D eigenvalue weighted by Crippen LogP contribution is 2.31. The van der Waals surface area contributed by atoms with Gasteiger partial charge in [-0.15, -0.1) is 0 Å². The molecule has 2 aromatic carbocycles. The molecule has 0 fully saturated rings. The first kappa shape index (κ1) is 15.2. The first-order chi connectivity index (χ1) is 9.77. The van der Waals surface area contributed by atoms with Gasteiger partial charge in [0.25, 0.3) is 0 Å². The van der Waals surface area contributed by atoms with Gasteiger partial charge in [-0.05, 0) is 42.5 Å². The van der Waals surface area contributed by atoms with Crippen LogP contribution >= 0.6 is 11.6 Å². The molecule has 0 saturated carbocycles. The number of anilines is 2. The van der Waals surface area contributed by atoms with Crippen LogP contribution in [0.3, 0.4) is 0 Å². The van der Waals surface area contributed by atoms with Crippen LogP contribution in [0.1, 0.15) is 15.9 Å². The van der Waals surface area contributed by atoms with Crippen LogP contribution in [-0.4, -0.2) is 11.1 Å². The summed E-state index contributed by atoms with van der Waals surface area (Å²) >= 11 is 5.92. The zero-order valence-electron chi connectivity index (χ0n) is 10.4. The fraction of sp³-hybridized carbons (Fsp3) is 0.0714. The summed E-state index contributed by atoms with van der Waals surface area (Å²) in [5.41, 5.74) is 0.0905. The molecular weight excluding hydrogens is 307 g/mol. The van der Waals surface area contributed by atoms with Gasteiger partial charge < -0.3 is 10.4 Å². The third-order valence-electron chi connectivity index (χ3n) is 2.71. The molecule has 110 valence electrons. The third-order valence-corrected chi connectivity index (χ3v) is 3.02. The average molecular weight is 316 g/mol. The molecule has 0 aliphatic carbocycles. The van der Waals surface area contributed by atoms with Gasteiger partial charge in [-0.3, -0.25) is 0 Å². The number of nitrogens with one attached hydrogen (secondary N) is 1. The molecule has 0 radical (unpaired) electrons. The van der Waals surface area contributed by atoms with Gasteiger partial charge in [0, 0.05) is 5.69 Å². The molecule has 0 aliphatic heterocycles. The van der Waals surface area contributed by atoms with E-state index in [1.54, 1.807) is 0 Å². The number of carboxylic acid groups (broad SMARTS) is 1. The van der Waals surface area contributed by atoms with Gasteiger partial charge in [0.15, 0.2) is 0 Å². The van der Waals surface area contributed by atoms with E-state index in [-0.39, 0.29) is 10.6 Å². The summed E-state index contributed by atoms with van der Waals surface area (Å²) in [4.78, 5) is 10.8. The van der Waals surface area contributed by atoms with Crippen molar-refractivity contribution in [3.63, 3.8) is 0 Å². The normalized spacial score (nSPS) is 11.2. The smallest absolute Gasteiger partial charge is 0.416 e. The lowest BCUT2D eigenvalue weighted by Gasteiger charge is -2.11. The van der Waals surface area contributed by atoms with Crippen molar-refractivity contribution >= 4 is 28.9 Å². The molecule has 0 unspecified atom stereocenters. The number of halogens is 4. The molecule has 2 aromatic rings. The summed E-state index contributed by atoms with van der Waals surface area (Å²) < 4.78 is 37.3. The summed E-state index contributed by atoms with van der Waals surface area (Å²) in [6, 6.07) is 8.48. The van der Waals surface area contributed by atoms with Crippen LogP contribution in [0.25, 0.3) is 0 Å². The predicted octanol–water partition coefficient (Wildman–Crippen LogP) is 4.80. The Balaban J connectivity index is 2.20. The molecule has 0 bridgehead atoms. The van der Waals surface area contributed by atoms with E-state index >= 15 is 0 Å². The maximum Gasteiger partial charge on any atom is 0.416 e. The summed E-state index contributed by atoms with van der Waals surface area (Å²) in [7, 11) is 0. The number of carboxylic acids is 1. The number of hydrogen-bond acceptors (Lipinski definition) is 2. The van der Waals surface area contributed by atoms with Gasteiger partial charge in [-0.2, -0.15) is 13.2 Å². The van der Waals surface area contributed by atoms with Crippen molar-refractivity contribution in [3.05, 3.63) is 58.6 Å². The van der Waals surface area contributed by atoms with Gasteiger partial charge in [-0.25, -0.2) is 4.79 Å². The van der Waals surface area contributed by atoms with Crippen LogP contribution in [-0.2, 0) is 6.18 Å². The molecular formula is C14H9ClF3NO2. The number of carbonyl (C=O) groups is 1. The summed E-state index contributed by atoms with van der Waals surface area (Å²) in [5, 5.41) is 11.8. The Morgan fingerprint density at radius 3 is 2.19 bits per heavy atom. The number of aromatic carboxylic acids is 1. The Labute approximate surface area is 123 Å². The van der Waals surface area contributed by atoms with E-state index in [0.29, 0.717) is 11.4 Å². The topological polar surface area (TPSA) is 49.3 Å². The van der Waals surface area contributed by atoms with Crippen molar-refractivity contribution in [2.75, 3.05) is 5.32 Å². The number of benzene rings is 2. The fourth-order valence-electron chi connectivity index (χ4n) is 1.65. The van der Waals surface area contributed by atoms with Crippen molar-refractivity contribution in [1.29, 1.82) is 0 Å². The minimum absolute atomic E-state index is 0.0259. The Morgan fingerprint density at radius 1 is 1.10 bits per heavy atom. The zero-order chi connectivity index (χ0) is 15.6. The van der Waals surface area contributed by atoms with Gasteiger partial charge in [0.2, 0.25) is 0 Å². The lowest BCUT2D eigenvalue weighted by molar-refractivity contribution is -0.137. The number of alkyl halides is 3. The second-order valence-electron chi connectivity index (χ2n) is 4.20. The van der Waals surface area contributed by atoms with Crippen molar-refractivity contribution < 1.29 is 23.1 Å². The first-order valence-corrected chi connectivity index (χ1v) is 6.12. The maximum atomic E-state index is 12.4. The van der Waals surface area contributed by atoms with Crippen molar-refractivity contribution in [3.8, 4) is 0 Å². The van der Waals surface area contributed by atoms with Gasteiger partial charge in [0.1, 0.15) is 0 Å². The number of hydrogen-bond donors (Lipinski definition) is 2. The zero-order valence-corrected chi connectivity index (χ0v) is 11.2. The van der Waals surface area contributed by atoms with Gasteiger partial charge >= 0.3 is 12.1 Å². The molecule has 0 atom stereocenters. The highest BCUT2D eigenvalue weighted by molar-refractivity contribution is 6.33. The Kier molecular flexibility index (Phi) is 4.09. The molecule has 0 aromatic heterocycles. The molecule has 7 heteroatoms. The minimum Gasteiger partial charge on any atom is -0.478 e. The molecule has 2 rings (SSSR count). The molecule has 0 spiro atoms. The largest absolute Gasteiger partial charge is 0.478 e. The van der Waals surface area contributed by atoms with E-state index < -0.39 is 17.7 Å². The number of rotatable bonds is 3. The Bertz CT molecular complexity index is 669. The van der Waals surface area contributed by atoms with E-state index in [0.717, 1.165) is 12.1 Å². The van der Waals surface area contributed by atoms with Crippen molar-refractivity contribution in [2.45, 2.75) is 6.18 Å². The highest BCUT2D eigenvalue weighted by Gasteiger charge is 2.29. The van der Waals surface area contributed by atoms with Crippen molar-refractivity contribution in [1.82, 2.24) is 0 Å². The molecule has 0 saturated heterocycles. The Morgan fingerprint density at radius 2 is 1.71 bits per heavy atom. The van der Waals surface area contributed by atoms with E-state index in [1.807, 2.05) is 0 Å². The lowest BCUT2D eigenvalue weighted by Crippen LogP contribution is -2.04. The minimum atomic E-state index is -4.39.